The van der Waals surface area contributed by atoms with Gasteiger partial charge in [-0.1, -0.05) is 0 Å². The minimum atomic E-state index is -1.09. The maximum Gasteiger partial charge on any atom is 0.325 e. The number of aliphatic hydroxyl groups is 1. The third-order valence-electron chi connectivity index (χ3n) is 1.96. The molecule has 1 atom stereocenters. The zero-order valence-corrected chi connectivity index (χ0v) is 10.1. The Bertz CT molecular complexity index is 260. The van der Waals surface area contributed by atoms with Crippen LogP contribution in [-0.4, -0.2) is 51.8 Å². The maximum absolute atomic E-state index is 11.6. The fourth-order valence-electron chi connectivity index (χ4n) is 1.13. The molecule has 2 amide bonds. The Hall–Kier alpha value is -1.30. The molecule has 0 aromatic heterocycles. The third-order valence-corrected chi connectivity index (χ3v) is 1.96. The molecule has 6 heteroatoms. The molecule has 0 rings (SSSR count). The second kappa shape index (κ2) is 5.69. The zero-order chi connectivity index (χ0) is 12.9. The minimum Gasteiger partial charge on any atom is -0.480 e. The summed E-state index contributed by atoms with van der Waals surface area (Å²) in [7, 11) is 0. The fraction of sp³-hybridized carbons (Fsp3) is 0.800. The Morgan fingerprint density at radius 1 is 1.44 bits per heavy atom. The predicted octanol–water partition coefficient (Wildman–Crippen LogP) is 0.262. The highest BCUT2D eigenvalue weighted by Crippen LogP contribution is 2.05. The van der Waals surface area contributed by atoms with Crippen LogP contribution in [0.5, 0.6) is 0 Å². The molecule has 0 spiro atoms. The van der Waals surface area contributed by atoms with Gasteiger partial charge in [-0.2, -0.15) is 0 Å². The second-order valence-electron chi connectivity index (χ2n) is 4.34. The summed E-state index contributed by atoms with van der Waals surface area (Å²) in [5.41, 5.74) is -1.00. The molecule has 94 valence electrons. The summed E-state index contributed by atoms with van der Waals surface area (Å²) < 4.78 is 0. The van der Waals surface area contributed by atoms with Crippen LogP contribution in [0.4, 0.5) is 4.79 Å². The highest BCUT2D eigenvalue weighted by Gasteiger charge is 2.23. The molecule has 0 unspecified atom stereocenters. The van der Waals surface area contributed by atoms with Crippen LogP contribution in [0, 0.1) is 0 Å². The van der Waals surface area contributed by atoms with Crippen LogP contribution in [0.3, 0.4) is 0 Å². The van der Waals surface area contributed by atoms with E-state index < -0.39 is 23.6 Å². The summed E-state index contributed by atoms with van der Waals surface area (Å²) in [5.74, 6) is -1.09. The molecular weight excluding hydrogens is 212 g/mol. The van der Waals surface area contributed by atoms with E-state index in [1.807, 2.05) is 0 Å². The predicted molar refractivity (Wildman–Crippen MR) is 59.2 cm³/mol. The van der Waals surface area contributed by atoms with Crippen LogP contribution >= 0.6 is 0 Å². The van der Waals surface area contributed by atoms with Crippen molar-refractivity contribution >= 4 is 12.0 Å². The summed E-state index contributed by atoms with van der Waals surface area (Å²) in [6, 6.07) is -1.43. The van der Waals surface area contributed by atoms with E-state index in [-0.39, 0.29) is 6.54 Å². The Balaban J connectivity index is 4.38. The molecule has 0 radical (unpaired) electrons. The second-order valence-corrected chi connectivity index (χ2v) is 4.34. The van der Waals surface area contributed by atoms with Crippen molar-refractivity contribution in [2.75, 3.05) is 13.1 Å². The SMILES string of the molecule is CCN(CC(C)(C)O)C(=O)N[C@@H](C)C(=O)O. The summed E-state index contributed by atoms with van der Waals surface area (Å²) >= 11 is 0. The number of carboxylic acids is 1. The van der Waals surface area contributed by atoms with Gasteiger partial charge >= 0.3 is 12.0 Å². The van der Waals surface area contributed by atoms with Gasteiger partial charge in [0, 0.05) is 6.54 Å². The third kappa shape index (κ3) is 5.55. The van der Waals surface area contributed by atoms with E-state index in [1.165, 1.54) is 11.8 Å². The number of aliphatic carboxylic acids is 1. The van der Waals surface area contributed by atoms with Crippen molar-refractivity contribution < 1.29 is 19.8 Å². The molecule has 0 aliphatic rings. The topological polar surface area (TPSA) is 89.9 Å². The van der Waals surface area contributed by atoms with Crippen LogP contribution < -0.4 is 5.32 Å². The Morgan fingerprint density at radius 2 is 1.94 bits per heavy atom. The van der Waals surface area contributed by atoms with E-state index >= 15 is 0 Å². The molecule has 0 saturated carbocycles. The van der Waals surface area contributed by atoms with Crippen molar-refractivity contribution in [2.45, 2.75) is 39.3 Å². The van der Waals surface area contributed by atoms with Crippen LogP contribution in [0.1, 0.15) is 27.7 Å². The first-order valence-electron chi connectivity index (χ1n) is 5.18. The first-order chi connectivity index (χ1) is 7.17. The van der Waals surface area contributed by atoms with Crippen molar-refractivity contribution in [1.82, 2.24) is 10.2 Å². The van der Waals surface area contributed by atoms with Crippen LogP contribution in [0.25, 0.3) is 0 Å². The van der Waals surface area contributed by atoms with Crippen molar-refractivity contribution in [2.24, 2.45) is 0 Å². The monoisotopic (exact) mass is 232 g/mol. The van der Waals surface area contributed by atoms with Crippen molar-refractivity contribution in [3.05, 3.63) is 0 Å². The largest absolute Gasteiger partial charge is 0.480 e. The van der Waals surface area contributed by atoms with Crippen molar-refractivity contribution in [3.63, 3.8) is 0 Å². The van der Waals surface area contributed by atoms with Gasteiger partial charge in [-0.25, -0.2) is 4.79 Å². The highest BCUT2D eigenvalue weighted by molar-refractivity contribution is 5.82. The summed E-state index contributed by atoms with van der Waals surface area (Å²) in [4.78, 5) is 23.5. The van der Waals surface area contributed by atoms with E-state index in [9.17, 15) is 14.7 Å². The van der Waals surface area contributed by atoms with Crippen LogP contribution in [-0.2, 0) is 4.79 Å². The van der Waals surface area contributed by atoms with Crippen LogP contribution in [0.15, 0.2) is 0 Å². The lowest BCUT2D eigenvalue weighted by atomic mass is 10.1. The molecule has 0 bridgehead atoms. The van der Waals surface area contributed by atoms with Crippen molar-refractivity contribution in [3.8, 4) is 0 Å². The summed E-state index contributed by atoms with van der Waals surface area (Å²) in [6.45, 7) is 6.88. The van der Waals surface area contributed by atoms with Gasteiger partial charge in [0.1, 0.15) is 6.04 Å². The lowest BCUT2D eigenvalue weighted by Crippen LogP contribution is -2.50. The van der Waals surface area contributed by atoms with Gasteiger partial charge in [0.25, 0.3) is 0 Å². The molecule has 0 heterocycles. The zero-order valence-electron chi connectivity index (χ0n) is 10.1. The normalized spacial score (nSPS) is 13.1. The lowest BCUT2D eigenvalue weighted by Gasteiger charge is -2.28. The van der Waals surface area contributed by atoms with E-state index in [4.69, 9.17) is 5.11 Å². The van der Waals surface area contributed by atoms with Gasteiger partial charge in [-0.05, 0) is 27.7 Å². The first-order valence-corrected chi connectivity index (χ1v) is 5.18. The molecule has 0 aliphatic carbocycles. The van der Waals surface area contributed by atoms with Gasteiger partial charge in [0.15, 0.2) is 0 Å². The Labute approximate surface area is 95.2 Å². The number of hydrogen-bond acceptors (Lipinski definition) is 3. The maximum atomic E-state index is 11.6. The first kappa shape index (κ1) is 14.7. The van der Waals surface area contributed by atoms with Crippen molar-refractivity contribution in [1.29, 1.82) is 0 Å². The van der Waals surface area contributed by atoms with E-state index in [0.717, 1.165) is 0 Å². The molecule has 0 aromatic carbocycles. The molecule has 16 heavy (non-hydrogen) atoms. The Kier molecular flexibility index (Phi) is 5.23. The molecular formula is C10H20N2O4. The van der Waals surface area contributed by atoms with E-state index in [2.05, 4.69) is 5.32 Å². The number of rotatable bonds is 5. The number of carboxylic acid groups (broad SMARTS) is 1. The van der Waals surface area contributed by atoms with Gasteiger partial charge < -0.3 is 20.4 Å². The molecule has 0 aliphatic heterocycles. The van der Waals surface area contributed by atoms with E-state index in [1.54, 1.807) is 20.8 Å². The number of nitrogens with zero attached hydrogens (tertiary/aromatic N) is 1. The molecule has 3 N–H and O–H groups in total. The van der Waals surface area contributed by atoms with Gasteiger partial charge in [-0.15, -0.1) is 0 Å². The Morgan fingerprint density at radius 3 is 2.25 bits per heavy atom. The number of carbonyl (C=O) groups is 2. The summed E-state index contributed by atoms with van der Waals surface area (Å²) in [5, 5.41) is 20.5. The van der Waals surface area contributed by atoms with Gasteiger partial charge in [0.05, 0.1) is 12.1 Å². The van der Waals surface area contributed by atoms with Crippen LogP contribution in [0.2, 0.25) is 0 Å². The van der Waals surface area contributed by atoms with Gasteiger partial charge in [0.2, 0.25) is 0 Å². The average molecular weight is 232 g/mol. The summed E-state index contributed by atoms with van der Waals surface area (Å²) in [6.07, 6.45) is 0. The quantitative estimate of drug-likeness (QED) is 0.634. The molecule has 0 fully saturated rings. The molecule has 6 nitrogen and oxygen atoms in total. The number of nitrogens with one attached hydrogen (secondary N) is 1. The van der Waals surface area contributed by atoms with Gasteiger partial charge in [-0.3, -0.25) is 4.79 Å². The number of hydrogen-bond donors (Lipinski definition) is 3. The van der Waals surface area contributed by atoms with E-state index in [0.29, 0.717) is 6.54 Å². The number of likely N-dealkylation sites (N-methyl/N-ethyl adjacent to an activating group) is 1. The standard InChI is InChI=1S/C10H20N2O4/c1-5-12(6-10(3,4)16)9(15)11-7(2)8(13)14/h7,16H,5-6H2,1-4H3,(H,11,15)(H,13,14)/t7-/m0/s1. The highest BCUT2D eigenvalue weighted by atomic mass is 16.4. The number of urea groups is 1. The lowest BCUT2D eigenvalue weighted by molar-refractivity contribution is -0.138. The fourth-order valence-corrected chi connectivity index (χ4v) is 1.13. The molecule has 0 saturated heterocycles. The number of amides is 2. The molecule has 0 aromatic rings. The average Bonchev–Trinajstić information content (AvgIpc) is 2.12. The number of carbonyl (C=O) groups excluding carboxylic acids is 1. The smallest absolute Gasteiger partial charge is 0.325 e. The minimum absolute atomic E-state index is 0.154.